The molecule has 0 radical (unpaired) electrons. The van der Waals surface area contributed by atoms with Gasteiger partial charge in [-0.1, -0.05) is 5.16 Å². The van der Waals surface area contributed by atoms with Gasteiger partial charge < -0.3 is 10.3 Å². The van der Waals surface area contributed by atoms with Crippen molar-refractivity contribution in [3.05, 3.63) is 29.7 Å². The molecule has 0 bridgehead atoms. The zero-order valence-electron chi connectivity index (χ0n) is 11.8. The first-order valence-electron chi connectivity index (χ1n) is 6.12. The molecule has 7 nitrogen and oxygen atoms in total. The molecule has 0 unspecified atom stereocenters. The largest absolute Gasteiger partial charge is 0.338 e. The molecule has 19 heavy (non-hydrogen) atoms. The molecule has 0 spiro atoms. The van der Waals surface area contributed by atoms with Crippen molar-refractivity contribution in [2.75, 3.05) is 7.05 Å². The van der Waals surface area contributed by atoms with Crippen LogP contribution in [0.1, 0.15) is 31.1 Å². The summed E-state index contributed by atoms with van der Waals surface area (Å²) in [6.45, 7) is 5.05. The summed E-state index contributed by atoms with van der Waals surface area (Å²) in [5, 5.41) is 8.03. The van der Waals surface area contributed by atoms with Crippen LogP contribution in [0.25, 0.3) is 0 Å². The quantitative estimate of drug-likeness (QED) is 0.852. The molecular weight excluding hydrogens is 244 g/mol. The molecule has 2 rings (SSSR count). The van der Waals surface area contributed by atoms with E-state index in [1.807, 2.05) is 40.3 Å². The van der Waals surface area contributed by atoms with Gasteiger partial charge in [0.2, 0.25) is 5.89 Å². The van der Waals surface area contributed by atoms with E-state index in [0.717, 1.165) is 12.1 Å². The zero-order valence-corrected chi connectivity index (χ0v) is 11.8. The minimum Gasteiger partial charge on any atom is -0.338 e. The monoisotopic (exact) mass is 264 g/mol. The lowest BCUT2D eigenvalue weighted by Gasteiger charge is -2.13. The van der Waals surface area contributed by atoms with Gasteiger partial charge in [0, 0.05) is 25.4 Å². The predicted molar refractivity (Wildman–Crippen MR) is 69.9 cm³/mol. The summed E-state index contributed by atoms with van der Waals surface area (Å²) in [5.74, 6) is 1.09. The van der Waals surface area contributed by atoms with Gasteiger partial charge in [-0.3, -0.25) is 9.58 Å². The highest BCUT2D eigenvalue weighted by Gasteiger charge is 2.21. The molecule has 7 heteroatoms. The Morgan fingerprint density at radius 2 is 2.16 bits per heavy atom. The molecule has 2 N–H and O–H groups in total. The lowest BCUT2D eigenvalue weighted by Crippen LogP contribution is -2.30. The fourth-order valence-corrected chi connectivity index (χ4v) is 1.73. The maximum Gasteiger partial charge on any atom is 0.240 e. The summed E-state index contributed by atoms with van der Waals surface area (Å²) in [6, 6.07) is 0. The standard InChI is InChI=1S/C12H20N6O/c1-12(2,13)11-15-10(19-16-11)8-17(3)6-9-5-14-18(4)7-9/h5,7H,6,8,13H2,1-4H3. The third-order valence-corrected chi connectivity index (χ3v) is 2.66. The van der Waals surface area contributed by atoms with E-state index in [2.05, 4.69) is 20.1 Å². The number of hydrogen-bond acceptors (Lipinski definition) is 6. The molecule has 0 aliphatic heterocycles. The smallest absolute Gasteiger partial charge is 0.240 e. The summed E-state index contributed by atoms with van der Waals surface area (Å²) < 4.78 is 6.98. The molecule has 0 aromatic carbocycles. The van der Waals surface area contributed by atoms with Crippen LogP contribution < -0.4 is 5.73 Å². The third-order valence-electron chi connectivity index (χ3n) is 2.66. The second-order valence-electron chi connectivity index (χ2n) is 5.43. The second-order valence-corrected chi connectivity index (χ2v) is 5.43. The van der Waals surface area contributed by atoms with Crippen LogP contribution in [0.5, 0.6) is 0 Å². The van der Waals surface area contributed by atoms with Gasteiger partial charge in [0.15, 0.2) is 5.82 Å². The van der Waals surface area contributed by atoms with Crippen LogP contribution in [0.2, 0.25) is 0 Å². The summed E-state index contributed by atoms with van der Waals surface area (Å²) >= 11 is 0. The Labute approximate surface area is 112 Å². The highest BCUT2D eigenvalue weighted by molar-refractivity contribution is 5.03. The minimum absolute atomic E-state index is 0.525. The van der Waals surface area contributed by atoms with E-state index in [9.17, 15) is 0 Å². The van der Waals surface area contributed by atoms with Crippen molar-refractivity contribution in [3.63, 3.8) is 0 Å². The molecule has 0 aliphatic rings. The molecule has 0 saturated carbocycles. The van der Waals surface area contributed by atoms with Crippen LogP contribution in [0.4, 0.5) is 0 Å². The predicted octanol–water partition coefficient (Wildman–Crippen LogP) is 0.629. The number of hydrogen-bond donors (Lipinski definition) is 1. The van der Waals surface area contributed by atoms with E-state index in [-0.39, 0.29) is 0 Å². The molecule has 0 aliphatic carbocycles. The van der Waals surface area contributed by atoms with Gasteiger partial charge in [0.25, 0.3) is 0 Å². The van der Waals surface area contributed by atoms with Gasteiger partial charge in [-0.2, -0.15) is 10.1 Å². The minimum atomic E-state index is -0.580. The summed E-state index contributed by atoms with van der Waals surface area (Å²) in [6.07, 6.45) is 3.83. The van der Waals surface area contributed by atoms with Crippen molar-refractivity contribution in [1.29, 1.82) is 0 Å². The first-order valence-corrected chi connectivity index (χ1v) is 6.12. The average Bonchev–Trinajstić information content (AvgIpc) is 2.87. The zero-order chi connectivity index (χ0) is 14.0. The van der Waals surface area contributed by atoms with Crippen molar-refractivity contribution in [2.24, 2.45) is 12.8 Å². The summed E-state index contributed by atoms with van der Waals surface area (Å²) in [7, 11) is 3.89. The van der Waals surface area contributed by atoms with E-state index in [1.165, 1.54) is 0 Å². The van der Waals surface area contributed by atoms with Gasteiger partial charge in [-0.25, -0.2) is 0 Å². The van der Waals surface area contributed by atoms with Crippen LogP contribution in [-0.4, -0.2) is 31.9 Å². The molecule has 2 heterocycles. The number of nitrogens with zero attached hydrogens (tertiary/aromatic N) is 5. The van der Waals surface area contributed by atoms with Crippen molar-refractivity contribution in [2.45, 2.75) is 32.5 Å². The topological polar surface area (TPSA) is 86.0 Å². The molecular formula is C12H20N6O. The number of rotatable bonds is 5. The number of aromatic nitrogens is 4. The summed E-state index contributed by atoms with van der Waals surface area (Å²) in [5.41, 5.74) is 6.48. The molecule has 0 fully saturated rings. The molecule has 0 amide bonds. The normalized spacial score (nSPS) is 12.3. The third kappa shape index (κ3) is 3.62. The Hall–Kier alpha value is -1.73. The van der Waals surface area contributed by atoms with E-state index in [0.29, 0.717) is 18.3 Å². The van der Waals surface area contributed by atoms with E-state index < -0.39 is 5.54 Å². The Morgan fingerprint density at radius 1 is 1.42 bits per heavy atom. The first kappa shape index (κ1) is 13.7. The Morgan fingerprint density at radius 3 is 2.68 bits per heavy atom. The maximum absolute atomic E-state index is 5.92. The van der Waals surface area contributed by atoms with Crippen LogP contribution >= 0.6 is 0 Å². The van der Waals surface area contributed by atoms with Crippen LogP contribution in [-0.2, 0) is 25.7 Å². The molecule has 0 atom stereocenters. The highest BCUT2D eigenvalue weighted by atomic mass is 16.5. The first-order chi connectivity index (χ1) is 8.84. The second kappa shape index (κ2) is 5.10. The Kier molecular flexibility index (Phi) is 3.68. The van der Waals surface area contributed by atoms with Gasteiger partial charge in [-0.15, -0.1) is 0 Å². The van der Waals surface area contributed by atoms with Crippen LogP contribution in [0, 0.1) is 0 Å². The molecule has 0 saturated heterocycles. The van der Waals surface area contributed by atoms with Crippen molar-refractivity contribution < 1.29 is 4.52 Å². The Balaban J connectivity index is 1.95. The molecule has 104 valence electrons. The van der Waals surface area contributed by atoms with Gasteiger partial charge in [-0.05, 0) is 20.9 Å². The lowest BCUT2D eigenvalue weighted by atomic mass is 10.1. The fraction of sp³-hybridized carbons (Fsp3) is 0.583. The van der Waals surface area contributed by atoms with Crippen molar-refractivity contribution in [3.8, 4) is 0 Å². The van der Waals surface area contributed by atoms with Crippen LogP contribution in [0.15, 0.2) is 16.9 Å². The van der Waals surface area contributed by atoms with E-state index >= 15 is 0 Å². The fourth-order valence-electron chi connectivity index (χ4n) is 1.73. The average molecular weight is 264 g/mol. The van der Waals surface area contributed by atoms with Crippen molar-refractivity contribution in [1.82, 2.24) is 24.8 Å². The van der Waals surface area contributed by atoms with E-state index in [4.69, 9.17) is 10.3 Å². The lowest BCUT2D eigenvalue weighted by molar-refractivity contribution is 0.259. The molecule has 2 aromatic rings. The number of nitrogens with two attached hydrogens (primary N) is 1. The van der Waals surface area contributed by atoms with Gasteiger partial charge in [0.05, 0.1) is 18.3 Å². The number of aryl methyl sites for hydroxylation is 1. The van der Waals surface area contributed by atoms with Gasteiger partial charge >= 0.3 is 0 Å². The SMILES string of the molecule is CN(Cc1cnn(C)c1)Cc1nc(C(C)(C)N)no1. The van der Waals surface area contributed by atoms with Crippen molar-refractivity contribution >= 4 is 0 Å². The van der Waals surface area contributed by atoms with Crippen LogP contribution in [0.3, 0.4) is 0 Å². The van der Waals surface area contributed by atoms with E-state index in [1.54, 1.807) is 4.68 Å². The highest BCUT2D eigenvalue weighted by Crippen LogP contribution is 2.13. The van der Waals surface area contributed by atoms with Gasteiger partial charge in [0.1, 0.15) is 0 Å². The summed E-state index contributed by atoms with van der Waals surface area (Å²) in [4.78, 5) is 6.38. The Bertz CT molecular complexity index is 538. The molecule has 2 aromatic heterocycles. The maximum atomic E-state index is 5.92.